The molecule has 0 amide bonds. The summed E-state index contributed by atoms with van der Waals surface area (Å²) in [6.07, 6.45) is 1.61. The Morgan fingerprint density at radius 1 is 1.50 bits per heavy atom. The van der Waals surface area contributed by atoms with E-state index in [9.17, 15) is 4.79 Å². The number of pyridine rings is 1. The van der Waals surface area contributed by atoms with Gasteiger partial charge in [0.1, 0.15) is 11.5 Å². The molecule has 0 saturated carbocycles. The maximum atomic E-state index is 11.7. The maximum Gasteiger partial charge on any atom is 0.350 e. The van der Waals surface area contributed by atoms with Crippen LogP contribution in [0.2, 0.25) is 0 Å². The van der Waals surface area contributed by atoms with Crippen molar-refractivity contribution in [2.24, 2.45) is 0 Å². The smallest absolute Gasteiger partial charge is 0.350 e. The van der Waals surface area contributed by atoms with Crippen LogP contribution in [0, 0.1) is 0 Å². The zero-order valence-electron chi connectivity index (χ0n) is 9.75. The lowest BCUT2D eigenvalue weighted by molar-refractivity contribution is 0.0476. The fraction of sp³-hybridized carbons (Fsp3) is 0.167. The summed E-state index contributed by atoms with van der Waals surface area (Å²) in [7, 11) is 1.52. The number of aromatic nitrogens is 1. The summed E-state index contributed by atoms with van der Waals surface area (Å²) in [5.74, 6) is 0.0119. The number of methoxy groups -OCH3 is 1. The molecular weight excluding hydrogens is 252 g/mol. The Labute approximate surface area is 108 Å². The Morgan fingerprint density at radius 2 is 2.33 bits per heavy atom. The van der Waals surface area contributed by atoms with Crippen LogP contribution in [-0.4, -0.2) is 18.1 Å². The van der Waals surface area contributed by atoms with E-state index in [1.54, 1.807) is 29.8 Å². The number of hydrogen-bond donors (Lipinski definition) is 1. The summed E-state index contributed by atoms with van der Waals surface area (Å²) in [6.45, 7) is 0.104. The van der Waals surface area contributed by atoms with Gasteiger partial charge in [0.15, 0.2) is 0 Å². The molecule has 2 aromatic rings. The molecule has 2 heterocycles. The highest BCUT2D eigenvalue weighted by atomic mass is 32.1. The van der Waals surface area contributed by atoms with Crippen LogP contribution in [0.5, 0.6) is 5.88 Å². The second kappa shape index (κ2) is 5.50. The van der Waals surface area contributed by atoms with Crippen LogP contribution in [0.4, 0.5) is 5.69 Å². The molecular formula is C12H12N2O3S. The fourth-order valence-electron chi connectivity index (χ4n) is 1.41. The van der Waals surface area contributed by atoms with E-state index in [0.29, 0.717) is 22.0 Å². The van der Waals surface area contributed by atoms with Gasteiger partial charge in [-0.25, -0.2) is 9.78 Å². The third kappa shape index (κ3) is 2.60. The number of ether oxygens (including phenoxy) is 2. The van der Waals surface area contributed by atoms with E-state index in [1.807, 2.05) is 0 Å². The van der Waals surface area contributed by atoms with E-state index in [4.69, 9.17) is 15.2 Å². The van der Waals surface area contributed by atoms with Crippen molar-refractivity contribution < 1.29 is 14.3 Å². The van der Waals surface area contributed by atoms with Gasteiger partial charge in [0.2, 0.25) is 5.88 Å². The molecule has 0 fully saturated rings. The minimum absolute atomic E-state index is 0.104. The number of rotatable bonds is 4. The number of nitrogens with zero attached hydrogens (tertiary/aromatic N) is 1. The number of nitrogens with two attached hydrogens (primary N) is 1. The van der Waals surface area contributed by atoms with Crippen LogP contribution in [0.3, 0.4) is 0 Å². The van der Waals surface area contributed by atoms with E-state index >= 15 is 0 Å². The number of esters is 1. The number of hydrogen-bond acceptors (Lipinski definition) is 6. The molecule has 2 rings (SSSR count). The van der Waals surface area contributed by atoms with Gasteiger partial charge >= 0.3 is 5.97 Å². The average molecular weight is 264 g/mol. The van der Waals surface area contributed by atoms with Crippen LogP contribution in [0.1, 0.15) is 15.2 Å². The van der Waals surface area contributed by atoms with Crippen LogP contribution < -0.4 is 10.5 Å². The predicted molar refractivity (Wildman–Crippen MR) is 68.6 cm³/mol. The lowest BCUT2D eigenvalue weighted by Gasteiger charge is -2.07. The number of thiophene rings is 1. The van der Waals surface area contributed by atoms with E-state index < -0.39 is 5.97 Å². The van der Waals surface area contributed by atoms with E-state index in [-0.39, 0.29) is 6.61 Å². The molecule has 6 heteroatoms. The topological polar surface area (TPSA) is 74.4 Å². The second-order valence-corrected chi connectivity index (χ2v) is 4.37. The largest absolute Gasteiger partial charge is 0.481 e. The first kappa shape index (κ1) is 12.4. The zero-order valence-corrected chi connectivity index (χ0v) is 10.6. The predicted octanol–water partition coefficient (Wildman–Crippen LogP) is 2.09. The van der Waals surface area contributed by atoms with Gasteiger partial charge in [-0.1, -0.05) is 0 Å². The quantitative estimate of drug-likeness (QED) is 0.856. The molecule has 0 aliphatic rings. The van der Waals surface area contributed by atoms with Crippen LogP contribution in [-0.2, 0) is 11.3 Å². The molecule has 94 valence electrons. The summed E-state index contributed by atoms with van der Waals surface area (Å²) in [4.78, 5) is 16.2. The Kier molecular flexibility index (Phi) is 3.78. The second-order valence-electron chi connectivity index (χ2n) is 3.45. The highest BCUT2D eigenvalue weighted by Gasteiger charge is 2.14. The summed E-state index contributed by atoms with van der Waals surface area (Å²) >= 11 is 1.26. The molecule has 0 spiro atoms. The molecule has 0 unspecified atom stereocenters. The molecule has 5 nitrogen and oxygen atoms in total. The van der Waals surface area contributed by atoms with Crippen molar-refractivity contribution in [3.8, 4) is 5.88 Å². The average Bonchev–Trinajstić information content (AvgIpc) is 2.82. The minimum atomic E-state index is -0.437. The molecule has 0 aromatic carbocycles. The molecule has 2 aromatic heterocycles. The minimum Gasteiger partial charge on any atom is -0.481 e. The van der Waals surface area contributed by atoms with Crippen LogP contribution in [0.15, 0.2) is 29.8 Å². The van der Waals surface area contributed by atoms with Gasteiger partial charge in [0, 0.05) is 6.20 Å². The third-order valence-corrected chi connectivity index (χ3v) is 3.19. The maximum absolute atomic E-state index is 11.7. The highest BCUT2D eigenvalue weighted by Crippen LogP contribution is 2.21. The highest BCUT2D eigenvalue weighted by molar-refractivity contribution is 7.12. The SMILES string of the molecule is COc1ncccc1COC(=O)c1sccc1N. The molecule has 0 saturated heterocycles. The standard InChI is InChI=1S/C12H12N2O3S/c1-16-11-8(3-2-5-14-11)7-17-12(15)10-9(13)4-6-18-10/h2-6H,7,13H2,1H3. The molecule has 0 atom stereocenters. The molecule has 2 N–H and O–H groups in total. The fourth-order valence-corrected chi connectivity index (χ4v) is 2.12. The van der Waals surface area contributed by atoms with Gasteiger partial charge < -0.3 is 15.2 Å². The Balaban J connectivity index is 2.04. The Bertz CT molecular complexity index is 554. The van der Waals surface area contributed by atoms with Gasteiger partial charge in [-0.15, -0.1) is 11.3 Å². The number of nitrogen functional groups attached to an aromatic ring is 1. The first-order valence-corrected chi connectivity index (χ1v) is 6.08. The Morgan fingerprint density at radius 3 is 3.00 bits per heavy atom. The third-order valence-electron chi connectivity index (χ3n) is 2.28. The first-order valence-electron chi connectivity index (χ1n) is 5.20. The van der Waals surface area contributed by atoms with Gasteiger partial charge in [0.05, 0.1) is 18.4 Å². The Hall–Kier alpha value is -2.08. The molecule has 18 heavy (non-hydrogen) atoms. The van der Waals surface area contributed by atoms with Crippen molar-refractivity contribution in [1.29, 1.82) is 0 Å². The summed E-state index contributed by atoms with van der Waals surface area (Å²) in [5, 5.41) is 1.75. The lowest BCUT2D eigenvalue weighted by atomic mass is 10.3. The number of carbonyl (C=O) groups is 1. The first-order chi connectivity index (χ1) is 8.72. The van der Waals surface area contributed by atoms with Crippen LogP contribution in [0.25, 0.3) is 0 Å². The summed E-state index contributed by atoms with van der Waals surface area (Å²) < 4.78 is 10.2. The van der Waals surface area contributed by atoms with Crippen molar-refractivity contribution in [3.05, 3.63) is 40.2 Å². The normalized spacial score (nSPS) is 10.1. The van der Waals surface area contributed by atoms with E-state index in [2.05, 4.69) is 4.98 Å². The van der Waals surface area contributed by atoms with E-state index in [0.717, 1.165) is 0 Å². The van der Waals surface area contributed by atoms with Gasteiger partial charge in [-0.05, 0) is 23.6 Å². The van der Waals surface area contributed by atoms with Gasteiger partial charge in [-0.3, -0.25) is 0 Å². The van der Waals surface area contributed by atoms with Gasteiger partial charge in [0.25, 0.3) is 0 Å². The lowest BCUT2D eigenvalue weighted by Crippen LogP contribution is -2.06. The van der Waals surface area contributed by atoms with Crippen molar-refractivity contribution in [3.63, 3.8) is 0 Å². The zero-order chi connectivity index (χ0) is 13.0. The molecule has 0 radical (unpaired) electrons. The van der Waals surface area contributed by atoms with Crippen molar-refractivity contribution in [1.82, 2.24) is 4.98 Å². The number of carbonyl (C=O) groups excluding carboxylic acids is 1. The summed E-state index contributed by atoms with van der Waals surface area (Å²) in [5.41, 5.74) is 6.78. The van der Waals surface area contributed by atoms with Crippen molar-refractivity contribution >= 4 is 23.0 Å². The van der Waals surface area contributed by atoms with Crippen LogP contribution >= 0.6 is 11.3 Å². The van der Waals surface area contributed by atoms with Crippen molar-refractivity contribution in [2.45, 2.75) is 6.61 Å². The van der Waals surface area contributed by atoms with Crippen molar-refractivity contribution in [2.75, 3.05) is 12.8 Å². The number of anilines is 1. The monoisotopic (exact) mass is 264 g/mol. The van der Waals surface area contributed by atoms with Gasteiger partial charge in [-0.2, -0.15) is 0 Å². The molecule has 0 aliphatic heterocycles. The van der Waals surface area contributed by atoms with E-state index in [1.165, 1.54) is 18.4 Å². The summed E-state index contributed by atoms with van der Waals surface area (Å²) in [6, 6.07) is 5.22. The molecule has 0 bridgehead atoms. The molecule has 0 aliphatic carbocycles.